The van der Waals surface area contributed by atoms with Crippen molar-refractivity contribution in [1.82, 2.24) is 0 Å². The van der Waals surface area contributed by atoms with Gasteiger partial charge in [-0.15, -0.1) is 0 Å². The van der Waals surface area contributed by atoms with E-state index in [0.29, 0.717) is 34.1 Å². The smallest absolute Gasteiger partial charge is 0.255 e. The van der Waals surface area contributed by atoms with E-state index in [-0.39, 0.29) is 18.3 Å². The minimum absolute atomic E-state index is 0.196. The summed E-state index contributed by atoms with van der Waals surface area (Å²) in [5.74, 6) is 1.14. The highest BCUT2D eigenvalue weighted by Gasteiger charge is 2.12. The average molecular weight is 381 g/mol. The molecule has 0 fully saturated rings. The van der Waals surface area contributed by atoms with Gasteiger partial charge in [0.05, 0.1) is 14.2 Å². The molecule has 0 aliphatic carbocycles. The van der Waals surface area contributed by atoms with E-state index in [9.17, 15) is 9.18 Å². The number of rotatable bonds is 7. The Morgan fingerprint density at radius 1 is 0.893 bits per heavy atom. The third kappa shape index (κ3) is 4.59. The maximum Gasteiger partial charge on any atom is 0.255 e. The first kappa shape index (κ1) is 19.2. The lowest BCUT2D eigenvalue weighted by molar-refractivity contribution is 0.102. The van der Waals surface area contributed by atoms with Gasteiger partial charge < -0.3 is 19.5 Å². The SMILES string of the molecule is COc1ccc(C(=O)Nc2ccc(F)cc2)cc1COc1ccccc1OC. The van der Waals surface area contributed by atoms with E-state index in [1.807, 2.05) is 12.1 Å². The topological polar surface area (TPSA) is 56.8 Å². The van der Waals surface area contributed by atoms with Crippen LogP contribution in [0.4, 0.5) is 10.1 Å². The van der Waals surface area contributed by atoms with Crippen molar-refractivity contribution < 1.29 is 23.4 Å². The Morgan fingerprint density at radius 2 is 1.57 bits per heavy atom. The molecule has 28 heavy (non-hydrogen) atoms. The molecule has 0 saturated heterocycles. The number of carbonyl (C=O) groups excluding carboxylic acids is 1. The van der Waals surface area contributed by atoms with E-state index < -0.39 is 0 Å². The van der Waals surface area contributed by atoms with Crippen molar-refractivity contribution in [2.24, 2.45) is 0 Å². The Balaban J connectivity index is 1.77. The highest BCUT2D eigenvalue weighted by molar-refractivity contribution is 6.04. The lowest BCUT2D eigenvalue weighted by Gasteiger charge is -2.14. The van der Waals surface area contributed by atoms with Crippen LogP contribution in [0.3, 0.4) is 0 Å². The van der Waals surface area contributed by atoms with Gasteiger partial charge in [0, 0.05) is 16.8 Å². The molecule has 3 rings (SSSR count). The Morgan fingerprint density at radius 3 is 2.25 bits per heavy atom. The zero-order valence-corrected chi connectivity index (χ0v) is 15.6. The van der Waals surface area contributed by atoms with Crippen LogP contribution < -0.4 is 19.5 Å². The molecule has 0 radical (unpaired) electrons. The Kier molecular flexibility index (Phi) is 6.11. The lowest BCUT2D eigenvalue weighted by atomic mass is 10.1. The van der Waals surface area contributed by atoms with E-state index in [0.717, 1.165) is 0 Å². The highest BCUT2D eigenvalue weighted by Crippen LogP contribution is 2.28. The fraction of sp³-hybridized carbons (Fsp3) is 0.136. The zero-order valence-electron chi connectivity index (χ0n) is 15.6. The lowest BCUT2D eigenvalue weighted by Crippen LogP contribution is -2.13. The molecule has 0 bridgehead atoms. The predicted octanol–water partition coefficient (Wildman–Crippen LogP) is 4.67. The number of carbonyl (C=O) groups is 1. The first-order chi connectivity index (χ1) is 13.6. The van der Waals surface area contributed by atoms with Gasteiger partial charge in [0.2, 0.25) is 0 Å². The molecule has 0 aromatic heterocycles. The van der Waals surface area contributed by atoms with Crippen LogP contribution in [0, 0.1) is 5.82 Å². The number of hydrogen-bond donors (Lipinski definition) is 1. The third-order valence-corrected chi connectivity index (χ3v) is 4.10. The number of amides is 1. The summed E-state index contributed by atoms with van der Waals surface area (Å²) >= 11 is 0. The third-order valence-electron chi connectivity index (χ3n) is 4.10. The van der Waals surface area contributed by atoms with Crippen molar-refractivity contribution in [2.45, 2.75) is 6.61 Å². The second-order valence-corrected chi connectivity index (χ2v) is 5.93. The van der Waals surface area contributed by atoms with E-state index in [1.165, 1.54) is 24.3 Å². The maximum absolute atomic E-state index is 13.0. The van der Waals surface area contributed by atoms with E-state index in [2.05, 4.69) is 5.32 Å². The molecule has 0 unspecified atom stereocenters. The van der Waals surface area contributed by atoms with Gasteiger partial charge in [-0.1, -0.05) is 12.1 Å². The number of anilines is 1. The summed E-state index contributed by atoms with van der Waals surface area (Å²) in [6.45, 7) is 0.196. The van der Waals surface area contributed by atoms with Crippen molar-refractivity contribution in [2.75, 3.05) is 19.5 Å². The second-order valence-electron chi connectivity index (χ2n) is 5.93. The molecule has 0 atom stereocenters. The van der Waals surface area contributed by atoms with Crippen LogP contribution in [-0.2, 0) is 6.61 Å². The number of para-hydroxylation sites is 2. The first-order valence-corrected chi connectivity index (χ1v) is 8.60. The molecule has 6 heteroatoms. The first-order valence-electron chi connectivity index (χ1n) is 8.60. The molecule has 0 spiro atoms. The summed E-state index contributed by atoms with van der Waals surface area (Å²) in [6, 6.07) is 18.0. The van der Waals surface area contributed by atoms with Gasteiger partial charge >= 0.3 is 0 Å². The normalized spacial score (nSPS) is 10.2. The minimum Gasteiger partial charge on any atom is -0.496 e. The predicted molar refractivity (Wildman–Crippen MR) is 105 cm³/mol. The van der Waals surface area contributed by atoms with Crippen LogP contribution in [0.1, 0.15) is 15.9 Å². The monoisotopic (exact) mass is 381 g/mol. The van der Waals surface area contributed by atoms with Gasteiger partial charge in [-0.25, -0.2) is 4.39 Å². The van der Waals surface area contributed by atoms with Crippen LogP contribution in [-0.4, -0.2) is 20.1 Å². The number of halogens is 1. The van der Waals surface area contributed by atoms with Crippen molar-refractivity contribution in [1.29, 1.82) is 0 Å². The zero-order chi connectivity index (χ0) is 19.9. The van der Waals surface area contributed by atoms with Crippen molar-refractivity contribution >= 4 is 11.6 Å². The molecule has 0 aliphatic heterocycles. The van der Waals surface area contributed by atoms with Gasteiger partial charge in [-0.3, -0.25) is 4.79 Å². The summed E-state index contributed by atoms with van der Waals surface area (Å²) in [4.78, 5) is 12.5. The number of nitrogens with one attached hydrogen (secondary N) is 1. The fourth-order valence-electron chi connectivity index (χ4n) is 2.66. The fourth-order valence-corrected chi connectivity index (χ4v) is 2.66. The number of hydrogen-bond acceptors (Lipinski definition) is 4. The number of benzene rings is 3. The average Bonchev–Trinajstić information content (AvgIpc) is 2.73. The maximum atomic E-state index is 13.0. The molecule has 5 nitrogen and oxygen atoms in total. The van der Waals surface area contributed by atoms with E-state index in [4.69, 9.17) is 14.2 Å². The summed E-state index contributed by atoms with van der Waals surface area (Å²) in [5, 5.41) is 2.73. The van der Waals surface area contributed by atoms with Crippen LogP contribution >= 0.6 is 0 Å². The van der Waals surface area contributed by atoms with Gasteiger partial charge in [0.25, 0.3) is 5.91 Å². The standard InChI is InChI=1S/C22H20FNO4/c1-26-19-12-7-15(22(25)24-18-10-8-17(23)9-11-18)13-16(19)14-28-21-6-4-3-5-20(21)27-2/h3-13H,14H2,1-2H3,(H,24,25). The quantitative estimate of drug-likeness (QED) is 0.646. The molecular weight excluding hydrogens is 361 g/mol. The van der Waals surface area contributed by atoms with Gasteiger partial charge in [0.1, 0.15) is 18.2 Å². The molecule has 0 heterocycles. The van der Waals surface area contributed by atoms with Crippen molar-refractivity contribution in [3.63, 3.8) is 0 Å². The summed E-state index contributed by atoms with van der Waals surface area (Å²) in [6.07, 6.45) is 0. The van der Waals surface area contributed by atoms with Gasteiger partial charge in [-0.05, 0) is 54.6 Å². The molecular formula is C22H20FNO4. The molecule has 3 aromatic carbocycles. The molecule has 144 valence electrons. The van der Waals surface area contributed by atoms with E-state index >= 15 is 0 Å². The van der Waals surface area contributed by atoms with Crippen LogP contribution in [0.2, 0.25) is 0 Å². The van der Waals surface area contributed by atoms with Crippen molar-refractivity contribution in [3.8, 4) is 17.2 Å². The largest absolute Gasteiger partial charge is 0.496 e. The second kappa shape index (κ2) is 8.90. The highest BCUT2D eigenvalue weighted by atomic mass is 19.1. The number of methoxy groups -OCH3 is 2. The molecule has 0 saturated carbocycles. The summed E-state index contributed by atoms with van der Waals surface area (Å²) in [5.41, 5.74) is 1.65. The van der Waals surface area contributed by atoms with Gasteiger partial charge in [-0.2, -0.15) is 0 Å². The van der Waals surface area contributed by atoms with Crippen LogP contribution in [0.25, 0.3) is 0 Å². The minimum atomic E-state index is -0.363. The molecule has 3 aromatic rings. The van der Waals surface area contributed by atoms with Crippen molar-refractivity contribution in [3.05, 3.63) is 83.7 Å². The summed E-state index contributed by atoms with van der Waals surface area (Å²) < 4.78 is 29.5. The van der Waals surface area contributed by atoms with E-state index in [1.54, 1.807) is 44.6 Å². The van der Waals surface area contributed by atoms with Gasteiger partial charge in [0.15, 0.2) is 11.5 Å². The molecule has 1 amide bonds. The Labute approximate surface area is 162 Å². The Hall–Kier alpha value is -3.54. The summed E-state index contributed by atoms with van der Waals surface area (Å²) in [7, 11) is 3.13. The van der Waals surface area contributed by atoms with Crippen LogP contribution in [0.5, 0.6) is 17.2 Å². The number of ether oxygens (including phenoxy) is 3. The molecule has 0 aliphatic rings. The van der Waals surface area contributed by atoms with Crippen LogP contribution in [0.15, 0.2) is 66.7 Å². The molecule has 1 N–H and O–H groups in total. The Bertz CT molecular complexity index is 957.